The number of unbranched alkanes of at least 4 members (excludes halogenated alkanes) is 5. The van der Waals surface area contributed by atoms with Crippen LogP contribution >= 0.6 is 11.6 Å². The monoisotopic (exact) mass is 378 g/mol. The molecule has 0 bridgehead atoms. The van der Waals surface area contributed by atoms with Gasteiger partial charge in [-0.05, 0) is 42.5 Å². The molecule has 0 atom stereocenters. The average Bonchev–Trinajstić information content (AvgIpc) is 2.67. The van der Waals surface area contributed by atoms with Gasteiger partial charge in [-0.25, -0.2) is 0 Å². The maximum absolute atomic E-state index is 5.92. The van der Waals surface area contributed by atoms with E-state index in [2.05, 4.69) is 13.0 Å². The van der Waals surface area contributed by atoms with Crippen molar-refractivity contribution in [1.29, 1.82) is 0 Å². The second-order valence-electron chi connectivity index (χ2n) is 6.49. The quantitative estimate of drug-likeness (QED) is 0.290. The van der Waals surface area contributed by atoms with Gasteiger partial charge < -0.3 is 14.2 Å². The van der Waals surface area contributed by atoms with Crippen molar-refractivity contribution in [3.8, 4) is 17.2 Å². The summed E-state index contributed by atoms with van der Waals surface area (Å²) in [6, 6.07) is 10.1. The number of benzene rings is 2. The van der Waals surface area contributed by atoms with Crippen LogP contribution in [-0.2, 0) is 0 Å². The van der Waals surface area contributed by atoms with Crippen LogP contribution < -0.4 is 14.2 Å². The van der Waals surface area contributed by atoms with Crippen LogP contribution in [0.1, 0.15) is 51.9 Å². The first-order valence-corrected chi connectivity index (χ1v) is 10.3. The van der Waals surface area contributed by atoms with Crippen molar-refractivity contribution in [2.75, 3.05) is 26.2 Å². The Morgan fingerprint density at radius 1 is 0.846 bits per heavy atom. The topological polar surface area (TPSA) is 27.7 Å². The fourth-order valence-corrected chi connectivity index (χ4v) is 3.09. The van der Waals surface area contributed by atoms with Crippen LogP contribution in [0.3, 0.4) is 0 Å². The van der Waals surface area contributed by atoms with Crippen molar-refractivity contribution in [3.05, 3.63) is 30.3 Å². The molecule has 0 aliphatic carbocycles. The second kappa shape index (κ2) is 11.9. The van der Waals surface area contributed by atoms with E-state index in [4.69, 9.17) is 25.8 Å². The third-order valence-electron chi connectivity index (χ3n) is 4.41. The van der Waals surface area contributed by atoms with E-state index >= 15 is 0 Å². The van der Waals surface area contributed by atoms with Gasteiger partial charge in [-0.1, -0.05) is 45.1 Å². The number of methoxy groups -OCH3 is 1. The summed E-state index contributed by atoms with van der Waals surface area (Å²) in [6.07, 6.45) is 8.43. The minimum absolute atomic E-state index is 0.588. The van der Waals surface area contributed by atoms with Crippen LogP contribution in [-0.4, -0.2) is 26.2 Å². The second-order valence-corrected chi connectivity index (χ2v) is 6.87. The van der Waals surface area contributed by atoms with Crippen LogP contribution in [0, 0.1) is 0 Å². The Hall–Kier alpha value is -1.61. The van der Waals surface area contributed by atoms with Gasteiger partial charge in [0.25, 0.3) is 0 Å². The molecule has 0 spiro atoms. The van der Waals surface area contributed by atoms with E-state index in [1.54, 1.807) is 7.11 Å². The van der Waals surface area contributed by atoms with Gasteiger partial charge in [-0.15, -0.1) is 11.6 Å². The summed E-state index contributed by atoms with van der Waals surface area (Å²) in [5, 5.41) is 2.12. The normalized spacial score (nSPS) is 10.9. The summed E-state index contributed by atoms with van der Waals surface area (Å²) in [5.41, 5.74) is 0. The lowest BCUT2D eigenvalue weighted by Gasteiger charge is -2.14. The van der Waals surface area contributed by atoms with Crippen LogP contribution in [0.5, 0.6) is 17.2 Å². The molecular formula is C22H31ClO3. The first-order valence-electron chi connectivity index (χ1n) is 9.72. The Kier molecular flexibility index (Phi) is 9.47. The molecule has 144 valence electrons. The number of hydrogen-bond acceptors (Lipinski definition) is 3. The predicted molar refractivity (Wildman–Crippen MR) is 110 cm³/mol. The number of alkyl halides is 1. The highest BCUT2D eigenvalue weighted by Gasteiger charge is 2.10. The smallest absolute Gasteiger partial charge is 0.168 e. The Balaban J connectivity index is 1.94. The van der Waals surface area contributed by atoms with Crippen molar-refractivity contribution in [3.63, 3.8) is 0 Å². The van der Waals surface area contributed by atoms with Gasteiger partial charge in [0.05, 0.1) is 20.3 Å². The first-order chi connectivity index (χ1) is 12.8. The van der Waals surface area contributed by atoms with Gasteiger partial charge in [0.2, 0.25) is 0 Å². The predicted octanol–water partition coefficient (Wildman–Crippen LogP) is 6.60. The van der Waals surface area contributed by atoms with Gasteiger partial charge in [0.1, 0.15) is 5.75 Å². The van der Waals surface area contributed by atoms with Crippen molar-refractivity contribution in [2.45, 2.75) is 51.9 Å². The highest BCUT2D eigenvalue weighted by atomic mass is 35.5. The van der Waals surface area contributed by atoms with Gasteiger partial charge in [0.15, 0.2) is 11.5 Å². The van der Waals surface area contributed by atoms with E-state index in [0.717, 1.165) is 47.5 Å². The number of halogens is 1. The fraction of sp³-hybridized carbons (Fsp3) is 0.545. The zero-order chi connectivity index (χ0) is 18.6. The zero-order valence-electron chi connectivity index (χ0n) is 16.1. The van der Waals surface area contributed by atoms with E-state index in [-0.39, 0.29) is 0 Å². The largest absolute Gasteiger partial charge is 0.494 e. The summed E-state index contributed by atoms with van der Waals surface area (Å²) in [4.78, 5) is 0. The SMILES string of the molecule is CCCCCCCCOc1ccc2c(OC)c(OCCCCl)ccc2c1. The molecule has 0 heterocycles. The highest BCUT2D eigenvalue weighted by Crippen LogP contribution is 2.37. The lowest BCUT2D eigenvalue weighted by atomic mass is 10.1. The standard InChI is InChI=1S/C22H31ClO3/c1-3-4-5-6-7-8-15-25-19-11-12-20-18(17-19)10-13-21(22(20)24-2)26-16-9-14-23/h10-13,17H,3-9,14-16H2,1-2H3. The molecule has 2 aromatic rings. The number of fused-ring (bicyclic) bond motifs is 1. The van der Waals surface area contributed by atoms with Crippen molar-refractivity contribution in [1.82, 2.24) is 0 Å². The molecule has 2 rings (SSSR count). The van der Waals surface area contributed by atoms with Crippen molar-refractivity contribution < 1.29 is 14.2 Å². The molecule has 0 saturated carbocycles. The fourth-order valence-electron chi connectivity index (χ4n) is 2.98. The molecule has 0 saturated heterocycles. The Morgan fingerprint density at radius 3 is 2.38 bits per heavy atom. The van der Waals surface area contributed by atoms with Gasteiger partial charge in [-0.3, -0.25) is 0 Å². The molecule has 26 heavy (non-hydrogen) atoms. The van der Waals surface area contributed by atoms with Crippen LogP contribution in [0.4, 0.5) is 0 Å². The molecule has 0 aromatic heterocycles. The Bertz CT molecular complexity index is 657. The third-order valence-corrected chi connectivity index (χ3v) is 4.68. The molecule has 4 heteroatoms. The maximum Gasteiger partial charge on any atom is 0.168 e. The summed E-state index contributed by atoms with van der Waals surface area (Å²) >= 11 is 5.71. The van der Waals surface area contributed by atoms with E-state index in [1.807, 2.05) is 24.3 Å². The molecular weight excluding hydrogens is 348 g/mol. The summed E-state index contributed by atoms with van der Waals surface area (Å²) in [6.45, 7) is 3.60. The lowest BCUT2D eigenvalue weighted by Crippen LogP contribution is -2.00. The van der Waals surface area contributed by atoms with Crippen LogP contribution in [0.2, 0.25) is 0 Å². The van der Waals surface area contributed by atoms with E-state index in [9.17, 15) is 0 Å². The molecule has 0 amide bonds. The van der Waals surface area contributed by atoms with Crippen molar-refractivity contribution in [2.24, 2.45) is 0 Å². The first kappa shape index (κ1) is 20.7. The number of rotatable bonds is 13. The molecule has 2 aromatic carbocycles. The van der Waals surface area contributed by atoms with E-state index in [0.29, 0.717) is 12.5 Å². The molecule has 0 radical (unpaired) electrons. The van der Waals surface area contributed by atoms with Crippen molar-refractivity contribution >= 4 is 22.4 Å². The molecule has 0 fully saturated rings. The summed E-state index contributed by atoms with van der Waals surface area (Å²) in [5.74, 6) is 3.02. The van der Waals surface area contributed by atoms with E-state index < -0.39 is 0 Å². The number of hydrogen-bond donors (Lipinski definition) is 0. The third kappa shape index (κ3) is 6.28. The van der Waals surface area contributed by atoms with Crippen LogP contribution in [0.25, 0.3) is 10.8 Å². The molecule has 3 nitrogen and oxygen atoms in total. The highest BCUT2D eigenvalue weighted by molar-refractivity contribution is 6.17. The molecule has 0 N–H and O–H groups in total. The van der Waals surface area contributed by atoms with E-state index in [1.165, 1.54) is 32.1 Å². The van der Waals surface area contributed by atoms with Gasteiger partial charge in [-0.2, -0.15) is 0 Å². The zero-order valence-corrected chi connectivity index (χ0v) is 16.8. The number of ether oxygens (including phenoxy) is 3. The maximum atomic E-state index is 5.92. The molecule has 0 aliphatic heterocycles. The lowest BCUT2D eigenvalue weighted by molar-refractivity contribution is 0.296. The molecule has 0 aliphatic rings. The van der Waals surface area contributed by atoms with Gasteiger partial charge >= 0.3 is 0 Å². The minimum atomic E-state index is 0.588. The Morgan fingerprint density at radius 2 is 1.62 bits per heavy atom. The van der Waals surface area contributed by atoms with Crippen LogP contribution in [0.15, 0.2) is 30.3 Å². The molecule has 0 unspecified atom stereocenters. The summed E-state index contributed by atoms with van der Waals surface area (Å²) < 4.78 is 17.3. The minimum Gasteiger partial charge on any atom is -0.494 e. The Labute approximate surface area is 162 Å². The van der Waals surface area contributed by atoms with Gasteiger partial charge in [0, 0.05) is 11.3 Å². The average molecular weight is 379 g/mol. The summed E-state index contributed by atoms with van der Waals surface area (Å²) in [7, 11) is 1.67.